The van der Waals surface area contributed by atoms with E-state index in [1.165, 1.54) is 5.56 Å². The van der Waals surface area contributed by atoms with Crippen LogP contribution in [0.1, 0.15) is 42.1 Å². The molecule has 0 saturated heterocycles. The third-order valence-corrected chi connectivity index (χ3v) is 5.43. The number of benzene rings is 3. The van der Waals surface area contributed by atoms with E-state index in [-0.39, 0.29) is 11.0 Å². The second kappa shape index (κ2) is 9.10. The lowest BCUT2D eigenvalue weighted by Gasteiger charge is -2.10. The average Bonchev–Trinajstić information content (AvgIpc) is 3.22. The van der Waals surface area contributed by atoms with Crippen molar-refractivity contribution in [2.24, 2.45) is 0 Å². The summed E-state index contributed by atoms with van der Waals surface area (Å²) >= 11 is 5.29. The highest BCUT2D eigenvalue weighted by molar-refractivity contribution is 7.80. The van der Waals surface area contributed by atoms with E-state index in [1.807, 2.05) is 36.4 Å². The fourth-order valence-electron chi connectivity index (χ4n) is 3.27. The molecule has 0 aliphatic heterocycles. The molecule has 0 aliphatic rings. The van der Waals surface area contributed by atoms with Crippen molar-refractivity contribution in [2.45, 2.75) is 26.2 Å². The summed E-state index contributed by atoms with van der Waals surface area (Å²) < 4.78 is 5.96. The van der Waals surface area contributed by atoms with Crippen LogP contribution in [0, 0.1) is 0 Å². The van der Waals surface area contributed by atoms with Crippen LogP contribution in [-0.4, -0.2) is 16.0 Å². The van der Waals surface area contributed by atoms with Gasteiger partial charge in [0.25, 0.3) is 5.91 Å². The van der Waals surface area contributed by atoms with Crippen molar-refractivity contribution in [3.05, 3.63) is 83.9 Å². The molecule has 0 radical (unpaired) electrons. The number of oxazole rings is 1. The maximum Gasteiger partial charge on any atom is 0.257 e. The van der Waals surface area contributed by atoms with Gasteiger partial charge in [0.15, 0.2) is 10.7 Å². The van der Waals surface area contributed by atoms with E-state index < -0.39 is 0 Å². The summed E-state index contributed by atoms with van der Waals surface area (Å²) in [7, 11) is 0. The van der Waals surface area contributed by atoms with Gasteiger partial charge >= 0.3 is 0 Å². The minimum atomic E-state index is -0.259. The molecular weight excluding hydrogens is 406 g/mol. The number of thiocarbonyl (C=S) groups is 1. The number of carbonyl (C=O) groups excluding carboxylic acids is 1. The first-order valence-electron chi connectivity index (χ1n) is 10.2. The normalized spacial score (nSPS) is 11.8. The average molecular weight is 430 g/mol. The summed E-state index contributed by atoms with van der Waals surface area (Å²) in [6, 6.07) is 22.7. The largest absolute Gasteiger partial charge is 0.436 e. The van der Waals surface area contributed by atoms with E-state index in [0.29, 0.717) is 17.4 Å². The van der Waals surface area contributed by atoms with Crippen LogP contribution < -0.4 is 10.6 Å². The van der Waals surface area contributed by atoms with Gasteiger partial charge in [0.05, 0.1) is 0 Å². The first-order chi connectivity index (χ1) is 15.0. The summed E-state index contributed by atoms with van der Waals surface area (Å²) in [5.41, 5.74) is 4.96. The Hall–Kier alpha value is -3.51. The van der Waals surface area contributed by atoms with Crippen LogP contribution in [0.4, 0.5) is 5.69 Å². The number of nitrogens with zero attached hydrogens (tertiary/aromatic N) is 1. The molecule has 156 valence electrons. The maximum absolute atomic E-state index is 12.3. The van der Waals surface area contributed by atoms with Gasteiger partial charge in [-0.3, -0.25) is 10.1 Å². The minimum absolute atomic E-state index is 0.224. The first-order valence-corrected chi connectivity index (χ1v) is 10.6. The Labute approximate surface area is 186 Å². The Balaban J connectivity index is 1.50. The Morgan fingerprint density at radius 1 is 1.06 bits per heavy atom. The van der Waals surface area contributed by atoms with Gasteiger partial charge in [-0.05, 0) is 72.6 Å². The SMILES string of the molecule is CC[C@H](C)c1ccc2oc(-c3cccc(NC(=S)NC(=O)c4ccccc4)c3)nc2c1. The molecule has 0 unspecified atom stereocenters. The van der Waals surface area contributed by atoms with Crippen LogP contribution in [-0.2, 0) is 0 Å². The lowest BCUT2D eigenvalue weighted by molar-refractivity contribution is 0.0977. The van der Waals surface area contributed by atoms with Crippen molar-refractivity contribution in [3.8, 4) is 11.5 Å². The molecule has 0 bridgehead atoms. The number of aromatic nitrogens is 1. The van der Waals surface area contributed by atoms with Crippen molar-refractivity contribution >= 4 is 40.0 Å². The summed E-state index contributed by atoms with van der Waals surface area (Å²) in [6.45, 7) is 4.38. The summed E-state index contributed by atoms with van der Waals surface area (Å²) in [4.78, 5) is 16.9. The van der Waals surface area contributed by atoms with Crippen molar-refractivity contribution < 1.29 is 9.21 Å². The van der Waals surface area contributed by atoms with Gasteiger partial charge in [-0.1, -0.05) is 44.2 Å². The van der Waals surface area contributed by atoms with Crippen molar-refractivity contribution in [2.75, 3.05) is 5.32 Å². The van der Waals surface area contributed by atoms with E-state index in [2.05, 4.69) is 41.6 Å². The van der Waals surface area contributed by atoms with Gasteiger partial charge in [-0.2, -0.15) is 0 Å². The lowest BCUT2D eigenvalue weighted by Crippen LogP contribution is -2.34. The van der Waals surface area contributed by atoms with Gasteiger partial charge in [0.1, 0.15) is 5.52 Å². The Bertz CT molecular complexity index is 1230. The third kappa shape index (κ3) is 4.81. The van der Waals surface area contributed by atoms with Gasteiger partial charge in [0.2, 0.25) is 5.89 Å². The number of hydrogen-bond acceptors (Lipinski definition) is 4. The van der Waals surface area contributed by atoms with Crippen LogP contribution in [0.15, 0.2) is 77.2 Å². The number of carbonyl (C=O) groups is 1. The predicted octanol–water partition coefficient (Wildman–Crippen LogP) is 6.14. The molecule has 1 atom stereocenters. The molecule has 0 spiro atoms. The quantitative estimate of drug-likeness (QED) is 0.373. The molecular formula is C25H23N3O2S. The molecule has 3 aromatic carbocycles. The second-order valence-electron chi connectivity index (χ2n) is 7.41. The standard InChI is InChI=1S/C25H23N3O2S/c1-3-16(2)18-12-13-22-21(15-18)27-24(30-22)19-10-7-11-20(14-19)26-25(31)28-23(29)17-8-5-4-6-9-17/h4-16H,3H2,1-2H3,(H2,26,28,29,31)/t16-/m0/s1. The van der Waals surface area contributed by atoms with E-state index >= 15 is 0 Å². The van der Waals surface area contributed by atoms with Crippen LogP contribution in [0.25, 0.3) is 22.6 Å². The fourth-order valence-corrected chi connectivity index (χ4v) is 3.48. The zero-order chi connectivity index (χ0) is 21.8. The minimum Gasteiger partial charge on any atom is -0.436 e. The van der Waals surface area contributed by atoms with Gasteiger partial charge < -0.3 is 9.73 Å². The first kappa shape index (κ1) is 20.8. The van der Waals surface area contributed by atoms with Crippen LogP contribution in [0.3, 0.4) is 0 Å². The van der Waals surface area contributed by atoms with Crippen molar-refractivity contribution in [3.63, 3.8) is 0 Å². The number of hydrogen-bond donors (Lipinski definition) is 2. The maximum atomic E-state index is 12.3. The highest BCUT2D eigenvalue weighted by Crippen LogP contribution is 2.29. The highest BCUT2D eigenvalue weighted by Gasteiger charge is 2.12. The van der Waals surface area contributed by atoms with E-state index in [1.54, 1.807) is 24.3 Å². The van der Waals surface area contributed by atoms with E-state index in [9.17, 15) is 4.79 Å². The van der Waals surface area contributed by atoms with Gasteiger partial charge in [-0.15, -0.1) is 0 Å². The monoisotopic (exact) mass is 429 g/mol. The smallest absolute Gasteiger partial charge is 0.257 e. The van der Waals surface area contributed by atoms with E-state index in [0.717, 1.165) is 28.8 Å². The molecule has 31 heavy (non-hydrogen) atoms. The molecule has 4 aromatic rings. The molecule has 1 amide bonds. The zero-order valence-corrected chi connectivity index (χ0v) is 18.2. The Morgan fingerprint density at radius 3 is 2.65 bits per heavy atom. The summed E-state index contributed by atoms with van der Waals surface area (Å²) in [5.74, 6) is 0.758. The molecule has 6 heteroatoms. The number of fused-ring (bicyclic) bond motifs is 1. The third-order valence-electron chi connectivity index (χ3n) is 5.22. The van der Waals surface area contributed by atoms with Crippen LogP contribution in [0.5, 0.6) is 0 Å². The topological polar surface area (TPSA) is 67.2 Å². The number of anilines is 1. The summed E-state index contributed by atoms with van der Waals surface area (Å²) in [6.07, 6.45) is 1.07. The van der Waals surface area contributed by atoms with Gasteiger partial charge in [-0.25, -0.2) is 4.98 Å². The molecule has 0 aliphatic carbocycles. The number of nitrogens with one attached hydrogen (secondary N) is 2. The van der Waals surface area contributed by atoms with Gasteiger partial charge in [0, 0.05) is 16.8 Å². The van der Waals surface area contributed by atoms with Crippen molar-refractivity contribution in [1.29, 1.82) is 0 Å². The lowest BCUT2D eigenvalue weighted by atomic mass is 9.98. The van der Waals surface area contributed by atoms with Crippen LogP contribution >= 0.6 is 12.2 Å². The Kier molecular flexibility index (Phi) is 6.09. The number of amides is 1. The van der Waals surface area contributed by atoms with E-state index in [4.69, 9.17) is 16.6 Å². The predicted molar refractivity (Wildman–Crippen MR) is 128 cm³/mol. The molecule has 5 nitrogen and oxygen atoms in total. The number of rotatable bonds is 5. The molecule has 0 saturated carbocycles. The fraction of sp³-hybridized carbons (Fsp3) is 0.160. The van der Waals surface area contributed by atoms with Crippen molar-refractivity contribution in [1.82, 2.24) is 10.3 Å². The zero-order valence-electron chi connectivity index (χ0n) is 17.4. The Morgan fingerprint density at radius 2 is 1.87 bits per heavy atom. The molecule has 1 heterocycles. The molecule has 2 N–H and O–H groups in total. The molecule has 1 aromatic heterocycles. The highest BCUT2D eigenvalue weighted by atomic mass is 32.1. The molecule has 4 rings (SSSR count). The van der Waals surface area contributed by atoms with Crippen LogP contribution in [0.2, 0.25) is 0 Å². The summed E-state index contributed by atoms with van der Waals surface area (Å²) in [5, 5.41) is 5.96. The molecule has 0 fully saturated rings. The second-order valence-corrected chi connectivity index (χ2v) is 7.82.